The van der Waals surface area contributed by atoms with Crippen LogP contribution in [0, 0.1) is 0 Å². The molecule has 0 amide bonds. The molecule has 0 aliphatic carbocycles. The fourth-order valence-electron chi connectivity index (χ4n) is 3.95. The van der Waals surface area contributed by atoms with E-state index in [2.05, 4.69) is 51.6 Å². The summed E-state index contributed by atoms with van der Waals surface area (Å²) in [5, 5.41) is 8.90. The summed E-state index contributed by atoms with van der Waals surface area (Å²) in [7, 11) is 4.09. The Morgan fingerprint density at radius 1 is 1.03 bits per heavy atom. The van der Waals surface area contributed by atoms with E-state index >= 15 is 0 Å². The maximum absolute atomic E-state index is 4.82. The second-order valence-corrected chi connectivity index (χ2v) is 7.56. The molecule has 146 valence electrons. The van der Waals surface area contributed by atoms with E-state index in [1.165, 1.54) is 11.1 Å². The predicted molar refractivity (Wildman–Crippen MR) is 113 cm³/mol. The molecular weight excluding hydrogens is 362 g/mol. The SMILES string of the molecule is CN1Cc2ccccc2C[C@@H]1CNc1nc(-c2ccncc2)nc2c1cnn2C. The van der Waals surface area contributed by atoms with Crippen LogP contribution in [0.5, 0.6) is 0 Å². The molecule has 1 atom stereocenters. The van der Waals surface area contributed by atoms with Gasteiger partial charge in [-0.2, -0.15) is 5.10 Å². The highest BCUT2D eigenvalue weighted by Gasteiger charge is 2.23. The van der Waals surface area contributed by atoms with Crippen LogP contribution in [0.25, 0.3) is 22.4 Å². The third-order valence-corrected chi connectivity index (χ3v) is 5.65. The normalized spacial score (nSPS) is 16.7. The molecule has 4 heterocycles. The second kappa shape index (κ2) is 7.25. The van der Waals surface area contributed by atoms with Gasteiger partial charge in [-0.15, -0.1) is 0 Å². The van der Waals surface area contributed by atoms with Gasteiger partial charge in [0.25, 0.3) is 0 Å². The summed E-state index contributed by atoms with van der Waals surface area (Å²) in [4.78, 5) is 16.0. The van der Waals surface area contributed by atoms with Crippen LogP contribution in [0.15, 0.2) is 55.0 Å². The molecule has 0 saturated heterocycles. The first kappa shape index (κ1) is 17.8. The Kier molecular flexibility index (Phi) is 4.44. The average molecular weight is 385 g/mol. The molecule has 1 aliphatic heterocycles. The first-order chi connectivity index (χ1) is 14.2. The van der Waals surface area contributed by atoms with Crippen molar-refractivity contribution < 1.29 is 0 Å². The number of nitrogens with one attached hydrogen (secondary N) is 1. The molecule has 0 fully saturated rings. The number of hydrogen-bond acceptors (Lipinski definition) is 6. The van der Waals surface area contributed by atoms with Gasteiger partial charge in [0, 0.05) is 44.1 Å². The van der Waals surface area contributed by atoms with Crippen LogP contribution >= 0.6 is 0 Å². The molecule has 0 radical (unpaired) electrons. The molecule has 0 bridgehead atoms. The first-order valence-corrected chi connectivity index (χ1v) is 9.80. The van der Waals surface area contributed by atoms with Crippen LogP contribution in [0.1, 0.15) is 11.1 Å². The van der Waals surface area contributed by atoms with Crippen LogP contribution in [0.2, 0.25) is 0 Å². The smallest absolute Gasteiger partial charge is 0.164 e. The number of pyridine rings is 1. The van der Waals surface area contributed by atoms with Gasteiger partial charge in [-0.3, -0.25) is 14.6 Å². The number of rotatable bonds is 4. The molecule has 7 nitrogen and oxygen atoms in total. The largest absolute Gasteiger partial charge is 0.368 e. The highest BCUT2D eigenvalue weighted by molar-refractivity contribution is 5.88. The Balaban J connectivity index is 1.45. The lowest BCUT2D eigenvalue weighted by Crippen LogP contribution is -2.42. The Bertz CT molecular complexity index is 1150. The summed E-state index contributed by atoms with van der Waals surface area (Å²) in [6, 6.07) is 12.9. The number of anilines is 1. The molecule has 4 aromatic rings. The zero-order chi connectivity index (χ0) is 19.8. The van der Waals surface area contributed by atoms with Gasteiger partial charge in [0.15, 0.2) is 11.5 Å². The number of fused-ring (bicyclic) bond motifs is 2. The van der Waals surface area contributed by atoms with Gasteiger partial charge >= 0.3 is 0 Å². The minimum Gasteiger partial charge on any atom is -0.368 e. The maximum atomic E-state index is 4.82. The molecule has 7 heteroatoms. The minimum absolute atomic E-state index is 0.399. The molecule has 5 rings (SSSR count). The maximum Gasteiger partial charge on any atom is 0.164 e. The predicted octanol–water partition coefficient (Wildman–Crippen LogP) is 2.89. The van der Waals surface area contributed by atoms with E-state index in [-0.39, 0.29) is 0 Å². The highest BCUT2D eigenvalue weighted by Crippen LogP contribution is 2.26. The Morgan fingerprint density at radius 3 is 2.66 bits per heavy atom. The molecule has 1 aromatic carbocycles. The summed E-state index contributed by atoms with van der Waals surface area (Å²) < 4.78 is 1.79. The van der Waals surface area contributed by atoms with E-state index in [1.807, 2.05) is 25.4 Å². The van der Waals surface area contributed by atoms with Crippen molar-refractivity contribution in [3.63, 3.8) is 0 Å². The van der Waals surface area contributed by atoms with E-state index in [1.54, 1.807) is 17.1 Å². The Labute approximate surface area is 169 Å². The molecular formula is C22H23N7. The number of nitrogens with zero attached hydrogens (tertiary/aromatic N) is 6. The zero-order valence-electron chi connectivity index (χ0n) is 16.6. The van der Waals surface area contributed by atoms with Gasteiger partial charge in [0.1, 0.15) is 5.82 Å². The number of aryl methyl sites for hydroxylation is 1. The van der Waals surface area contributed by atoms with E-state index in [0.717, 1.165) is 41.9 Å². The summed E-state index contributed by atoms with van der Waals surface area (Å²) >= 11 is 0. The van der Waals surface area contributed by atoms with E-state index in [4.69, 9.17) is 9.97 Å². The zero-order valence-corrected chi connectivity index (χ0v) is 16.6. The summed E-state index contributed by atoms with van der Waals surface area (Å²) in [5.41, 5.74) is 4.61. The lowest BCUT2D eigenvalue weighted by atomic mass is 9.94. The van der Waals surface area contributed by atoms with Crippen molar-refractivity contribution in [1.29, 1.82) is 0 Å². The van der Waals surface area contributed by atoms with Gasteiger partial charge in [0.2, 0.25) is 0 Å². The lowest BCUT2D eigenvalue weighted by Gasteiger charge is -2.34. The Hall–Kier alpha value is -3.32. The first-order valence-electron chi connectivity index (χ1n) is 9.80. The quantitative estimate of drug-likeness (QED) is 0.582. The number of likely N-dealkylation sites (N-methyl/N-ethyl adjacent to an activating group) is 1. The van der Waals surface area contributed by atoms with Crippen LogP contribution in [0.4, 0.5) is 5.82 Å². The van der Waals surface area contributed by atoms with E-state index in [0.29, 0.717) is 11.9 Å². The van der Waals surface area contributed by atoms with Crippen LogP contribution in [0.3, 0.4) is 0 Å². The minimum atomic E-state index is 0.399. The van der Waals surface area contributed by atoms with Gasteiger partial charge in [0.05, 0.1) is 11.6 Å². The van der Waals surface area contributed by atoms with Gasteiger partial charge in [-0.1, -0.05) is 24.3 Å². The van der Waals surface area contributed by atoms with Gasteiger partial charge < -0.3 is 5.32 Å². The van der Waals surface area contributed by atoms with Crippen molar-refractivity contribution >= 4 is 16.9 Å². The van der Waals surface area contributed by atoms with Gasteiger partial charge in [-0.05, 0) is 36.7 Å². The molecule has 1 N–H and O–H groups in total. The molecule has 0 spiro atoms. The van der Waals surface area contributed by atoms with Crippen molar-refractivity contribution in [2.24, 2.45) is 7.05 Å². The molecule has 3 aromatic heterocycles. The topological polar surface area (TPSA) is 71.8 Å². The van der Waals surface area contributed by atoms with E-state index < -0.39 is 0 Å². The van der Waals surface area contributed by atoms with Crippen molar-refractivity contribution in [2.75, 3.05) is 18.9 Å². The van der Waals surface area contributed by atoms with Crippen LogP contribution in [-0.2, 0) is 20.0 Å². The fraction of sp³-hybridized carbons (Fsp3) is 0.273. The molecule has 29 heavy (non-hydrogen) atoms. The van der Waals surface area contributed by atoms with Crippen molar-refractivity contribution in [2.45, 2.75) is 19.0 Å². The van der Waals surface area contributed by atoms with E-state index in [9.17, 15) is 0 Å². The summed E-state index contributed by atoms with van der Waals surface area (Å²) in [5.74, 6) is 1.50. The third-order valence-electron chi connectivity index (χ3n) is 5.65. The standard InChI is InChI=1S/C22H23N7/c1-28-14-17-6-4-3-5-16(17)11-18(28)12-24-21-19-13-25-29(2)22(19)27-20(26-21)15-7-9-23-10-8-15/h3-10,13,18H,11-12,14H2,1-2H3,(H,24,26,27)/t18-/m1/s1. The number of hydrogen-bond donors (Lipinski definition) is 1. The summed E-state index contributed by atoms with van der Waals surface area (Å²) in [6.45, 7) is 1.78. The molecule has 0 unspecified atom stereocenters. The molecule has 0 saturated carbocycles. The van der Waals surface area contributed by atoms with Crippen molar-refractivity contribution in [3.05, 3.63) is 66.1 Å². The number of benzene rings is 1. The second-order valence-electron chi connectivity index (χ2n) is 7.56. The molecule has 1 aliphatic rings. The Morgan fingerprint density at radius 2 is 1.83 bits per heavy atom. The average Bonchev–Trinajstić information content (AvgIpc) is 3.13. The third kappa shape index (κ3) is 3.34. The van der Waals surface area contributed by atoms with Crippen molar-refractivity contribution in [1.82, 2.24) is 29.6 Å². The lowest BCUT2D eigenvalue weighted by molar-refractivity contribution is 0.225. The monoisotopic (exact) mass is 385 g/mol. The highest BCUT2D eigenvalue weighted by atomic mass is 15.3. The van der Waals surface area contributed by atoms with Gasteiger partial charge in [-0.25, -0.2) is 9.97 Å². The van der Waals surface area contributed by atoms with Crippen LogP contribution in [-0.4, -0.2) is 49.3 Å². The fourth-order valence-corrected chi connectivity index (χ4v) is 3.95. The summed E-state index contributed by atoms with van der Waals surface area (Å²) in [6.07, 6.45) is 6.37. The number of aromatic nitrogens is 5. The van der Waals surface area contributed by atoms with Crippen molar-refractivity contribution in [3.8, 4) is 11.4 Å². The van der Waals surface area contributed by atoms with Crippen LogP contribution < -0.4 is 5.32 Å².